The molecule has 3 N–H and O–H groups in total. The zero-order valence-electron chi connectivity index (χ0n) is 10.8. The van der Waals surface area contributed by atoms with E-state index in [0.717, 1.165) is 21.2 Å². The first-order chi connectivity index (χ1) is 9.13. The Kier molecular flexibility index (Phi) is 4.69. The first-order valence-electron chi connectivity index (χ1n) is 6.17. The monoisotopic (exact) mass is 320 g/mol. The molecular formula is C15H17BrN2O. The molecule has 0 aliphatic carbocycles. The van der Waals surface area contributed by atoms with Gasteiger partial charge >= 0.3 is 0 Å². The predicted octanol–water partition coefficient (Wildman–Crippen LogP) is 2.93. The molecule has 0 radical (unpaired) electrons. The number of halogens is 1. The minimum absolute atomic E-state index is 0.145. The van der Waals surface area contributed by atoms with Crippen LogP contribution in [0.1, 0.15) is 28.7 Å². The SMILES string of the molecule is Cc1cc(Br)ccc1C(O)C(CN)c1cccnc1. The van der Waals surface area contributed by atoms with Gasteiger partial charge in [0.2, 0.25) is 0 Å². The summed E-state index contributed by atoms with van der Waals surface area (Å²) < 4.78 is 1.01. The predicted molar refractivity (Wildman–Crippen MR) is 79.9 cm³/mol. The largest absolute Gasteiger partial charge is 0.388 e. The van der Waals surface area contributed by atoms with Gasteiger partial charge in [-0.15, -0.1) is 0 Å². The van der Waals surface area contributed by atoms with Crippen molar-refractivity contribution in [2.45, 2.75) is 18.9 Å². The van der Waals surface area contributed by atoms with Crippen LogP contribution in [0.3, 0.4) is 0 Å². The Hall–Kier alpha value is -1.23. The van der Waals surface area contributed by atoms with Crippen LogP contribution in [0.4, 0.5) is 0 Å². The van der Waals surface area contributed by atoms with E-state index >= 15 is 0 Å². The van der Waals surface area contributed by atoms with Crippen molar-refractivity contribution in [3.63, 3.8) is 0 Å². The molecule has 1 aromatic carbocycles. The third kappa shape index (κ3) is 3.21. The minimum atomic E-state index is -0.623. The van der Waals surface area contributed by atoms with Gasteiger partial charge in [0.1, 0.15) is 0 Å². The van der Waals surface area contributed by atoms with E-state index < -0.39 is 6.10 Å². The molecule has 3 nitrogen and oxygen atoms in total. The Bertz CT molecular complexity index is 545. The van der Waals surface area contributed by atoms with Crippen molar-refractivity contribution in [1.29, 1.82) is 0 Å². The number of benzene rings is 1. The van der Waals surface area contributed by atoms with Gasteiger partial charge in [-0.05, 0) is 41.8 Å². The van der Waals surface area contributed by atoms with E-state index in [0.29, 0.717) is 6.54 Å². The lowest BCUT2D eigenvalue weighted by atomic mass is 9.88. The number of aliphatic hydroxyl groups excluding tert-OH is 1. The van der Waals surface area contributed by atoms with Gasteiger partial charge in [-0.25, -0.2) is 0 Å². The number of aliphatic hydroxyl groups is 1. The number of nitrogens with zero attached hydrogens (tertiary/aromatic N) is 1. The number of aromatic nitrogens is 1. The van der Waals surface area contributed by atoms with E-state index in [-0.39, 0.29) is 5.92 Å². The standard InChI is InChI=1S/C15H17BrN2O/c1-10-7-12(16)4-5-13(10)15(19)14(8-17)11-3-2-6-18-9-11/h2-7,9,14-15,19H,8,17H2,1H3. The Labute approximate surface area is 121 Å². The highest BCUT2D eigenvalue weighted by molar-refractivity contribution is 9.10. The van der Waals surface area contributed by atoms with E-state index in [1.54, 1.807) is 12.4 Å². The normalized spacial score (nSPS) is 14.1. The van der Waals surface area contributed by atoms with Gasteiger partial charge in [-0.2, -0.15) is 0 Å². The molecule has 2 aromatic rings. The fourth-order valence-corrected chi connectivity index (χ4v) is 2.71. The highest BCUT2D eigenvalue weighted by atomic mass is 79.9. The van der Waals surface area contributed by atoms with E-state index in [2.05, 4.69) is 20.9 Å². The van der Waals surface area contributed by atoms with Crippen molar-refractivity contribution in [2.75, 3.05) is 6.54 Å². The second-order valence-electron chi connectivity index (χ2n) is 4.57. The number of rotatable bonds is 4. The molecule has 19 heavy (non-hydrogen) atoms. The van der Waals surface area contributed by atoms with Crippen LogP contribution >= 0.6 is 15.9 Å². The van der Waals surface area contributed by atoms with Crippen molar-refractivity contribution in [2.24, 2.45) is 5.73 Å². The Balaban J connectivity index is 2.33. The summed E-state index contributed by atoms with van der Waals surface area (Å²) in [6, 6.07) is 9.67. The number of pyridine rings is 1. The summed E-state index contributed by atoms with van der Waals surface area (Å²) in [6.45, 7) is 2.36. The van der Waals surface area contributed by atoms with Gasteiger partial charge in [0.15, 0.2) is 0 Å². The third-order valence-corrected chi connectivity index (χ3v) is 3.79. The summed E-state index contributed by atoms with van der Waals surface area (Å²) in [5.74, 6) is -0.145. The van der Waals surface area contributed by atoms with Crippen molar-refractivity contribution in [3.05, 3.63) is 63.9 Å². The highest BCUT2D eigenvalue weighted by Gasteiger charge is 2.22. The fourth-order valence-electron chi connectivity index (χ4n) is 2.23. The molecule has 0 saturated carbocycles. The molecule has 4 heteroatoms. The van der Waals surface area contributed by atoms with Crippen LogP contribution in [0.15, 0.2) is 47.2 Å². The molecular weight excluding hydrogens is 304 g/mol. The molecule has 100 valence electrons. The average molecular weight is 321 g/mol. The molecule has 1 heterocycles. The maximum Gasteiger partial charge on any atom is 0.0873 e. The fraction of sp³-hybridized carbons (Fsp3) is 0.267. The summed E-state index contributed by atoms with van der Waals surface area (Å²) in [5.41, 5.74) is 8.73. The second kappa shape index (κ2) is 6.28. The zero-order chi connectivity index (χ0) is 13.8. The Morgan fingerprint density at radius 1 is 1.37 bits per heavy atom. The van der Waals surface area contributed by atoms with Crippen LogP contribution < -0.4 is 5.73 Å². The van der Waals surface area contributed by atoms with Gasteiger partial charge in [0.05, 0.1) is 6.10 Å². The third-order valence-electron chi connectivity index (χ3n) is 3.30. The van der Waals surface area contributed by atoms with Crippen LogP contribution in [0.2, 0.25) is 0 Å². The van der Waals surface area contributed by atoms with Gasteiger partial charge in [-0.3, -0.25) is 4.98 Å². The molecule has 0 aliphatic rings. The molecule has 0 aliphatic heterocycles. The molecule has 0 bridgehead atoms. The minimum Gasteiger partial charge on any atom is -0.388 e. The molecule has 2 unspecified atom stereocenters. The lowest BCUT2D eigenvalue weighted by molar-refractivity contribution is 0.146. The summed E-state index contributed by atoms with van der Waals surface area (Å²) in [7, 11) is 0. The van der Waals surface area contributed by atoms with Crippen LogP contribution in [-0.4, -0.2) is 16.6 Å². The van der Waals surface area contributed by atoms with Crippen molar-refractivity contribution in [3.8, 4) is 0 Å². The molecule has 0 saturated heterocycles. The topological polar surface area (TPSA) is 59.1 Å². The molecule has 1 aromatic heterocycles. The molecule has 2 atom stereocenters. The van der Waals surface area contributed by atoms with Crippen LogP contribution in [0.25, 0.3) is 0 Å². The quantitative estimate of drug-likeness (QED) is 0.910. The first kappa shape index (κ1) is 14.2. The Morgan fingerprint density at radius 3 is 2.74 bits per heavy atom. The van der Waals surface area contributed by atoms with Crippen LogP contribution in [0, 0.1) is 6.92 Å². The highest BCUT2D eigenvalue weighted by Crippen LogP contribution is 2.32. The average Bonchev–Trinajstić information content (AvgIpc) is 2.40. The first-order valence-corrected chi connectivity index (χ1v) is 6.97. The van der Waals surface area contributed by atoms with Gasteiger partial charge in [0, 0.05) is 29.3 Å². The van der Waals surface area contributed by atoms with Crippen LogP contribution in [0.5, 0.6) is 0 Å². The summed E-state index contributed by atoms with van der Waals surface area (Å²) in [4.78, 5) is 4.09. The molecule has 0 fully saturated rings. The van der Waals surface area contributed by atoms with Gasteiger partial charge in [0.25, 0.3) is 0 Å². The Morgan fingerprint density at radius 2 is 2.16 bits per heavy atom. The molecule has 0 amide bonds. The van der Waals surface area contributed by atoms with E-state index in [9.17, 15) is 5.11 Å². The molecule has 0 spiro atoms. The van der Waals surface area contributed by atoms with Crippen molar-refractivity contribution >= 4 is 15.9 Å². The van der Waals surface area contributed by atoms with Crippen molar-refractivity contribution < 1.29 is 5.11 Å². The maximum atomic E-state index is 10.6. The lowest BCUT2D eigenvalue weighted by Gasteiger charge is -2.23. The van der Waals surface area contributed by atoms with Crippen molar-refractivity contribution in [1.82, 2.24) is 4.98 Å². The number of hydrogen-bond acceptors (Lipinski definition) is 3. The van der Waals surface area contributed by atoms with E-state index in [1.807, 2.05) is 37.3 Å². The molecule has 2 rings (SSSR count). The summed E-state index contributed by atoms with van der Waals surface area (Å²) in [6.07, 6.45) is 2.85. The van der Waals surface area contributed by atoms with Crippen LogP contribution in [-0.2, 0) is 0 Å². The summed E-state index contributed by atoms with van der Waals surface area (Å²) in [5, 5.41) is 10.6. The second-order valence-corrected chi connectivity index (χ2v) is 5.49. The number of hydrogen-bond donors (Lipinski definition) is 2. The summed E-state index contributed by atoms with van der Waals surface area (Å²) >= 11 is 3.43. The van der Waals surface area contributed by atoms with E-state index in [4.69, 9.17) is 5.73 Å². The van der Waals surface area contributed by atoms with E-state index in [1.165, 1.54) is 0 Å². The zero-order valence-corrected chi connectivity index (χ0v) is 12.3. The van der Waals surface area contributed by atoms with Gasteiger partial charge in [-0.1, -0.05) is 28.1 Å². The van der Waals surface area contributed by atoms with Gasteiger partial charge < -0.3 is 10.8 Å². The number of nitrogens with two attached hydrogens (primary N) is 1. The maximum absolute atomic E-state index is 10.6. The smallest absolute Gasteiger partial charge is 0.0873 e. The lowest BCUT2D eigenvalue weighted by Crippen LogP contribution is -2.20. The number of aryl methyl sites for hydroxylation is 1.